The van der Waals surface area contributed by atoms with Crippen LogP contribution in [0.3, 0.4) is 0 Å². The molecule has 1 unspecified atom stereocenters. The lowest BCUT2D eigenvalue weighted by atomic mass is 10.2. The molecule has 5 heteroatoms. The number of rotatable bonds is 7. The van der Waals surface area contributed by atoms with Crippen LogP contribution in [0.4, 0.5) is 0 Å². The zero-order valence-electron chi connectivity index (χ0n) is 13.6. The fourth-order valence-electron chi connectivity index (χ4n) is 2.19. The molecule has 0 radical (unpaired) electrons. The Morgan fingerprint density at radius 3 is 2.81 bits per heavy atom. The first-order chi connectivity index (χ1) is 10.1. The van der Waals surface area contributed by atoms with Gasteiger partial charge in [0.15, 0.2) is 5.75 Å². The van der Waals surface area contributed by atoms with E-state index in [9.17, 15) is 0 Å². The Kier molecular flexibility index (Phi) is 5.94. The molecule has 1 atom stereocenters. The summed E-state index contributed by atoms with van der Waals surface area (Å²) in [6.07, 6.45) is 2.88. The lowest BCUT2D eigenvalue weighted by Crippen LogP contribution is -2.23. The molecule has 1 N–H and O–H groups in total. The number of aromatic nitrogens is 2. The van der Waals surface area contributed by atoms with Crippen LogP contribution in [0.1, 0.15) is 51.6 Å². The quantitative estimate of drug-likeness (QED) is 0.837. The summed E-state index contributed by atoms with van der Waals surface area (Å²) in [7, 11) is 0. The molecule has 21 heavy (non-hydrogen) atoms. The van der Waals surface area contributed by atoms with E-state index in [1.54, 1.807) is 0 Å². The largest absolute Gasteiger partial charge is 0.484 e. The van der Waals surface area contributed by atoms with Crippen molar-refractivity contribution in [2.75, 3.05) is 19.8 Å². The molecule has 0 aromatic carbocycles. The smallest absolute Gasteiger partial charge is 0.160 e. The summed E-state index contributed by atoms with van der Waals surface area (Å²) in [5.74, 6) is 2.58. The topological polar surface area (TPSA) is 56.3 Å². The standard InChI is InChI=1S/C16H27N3O2/c1-11(2)7-17-8-14-15(21-13-5-6-20-10-13)9-18-16(19-14)12(3)4/h9,11-13,17H,5-8,10H2,1-4H3. The minimum absolute atomic E-state index is 0.127. The molecule has 1 aliphatic heterocycles. The molecule has 1 saturated heterocycles. The van der Waals surface area contributed by atoms with E-state index in [0.717, 1.165) is 36.8 Å². The fraction of sp³-hybridized carbons (Fsp3) is 0.750. The van der Waals surface area contributed by atoms with Gasteiger partial charge in [-0.1, -0.05) is 27.7 Å². The maximum Gasteiger partial charge on any atom is 0.160 e. The van der Waals surface area contributed by atoms with Gasteiger partial charge in [0.05, 0.1) is 25.1 Å². The van der Waals surface area contributed by atoms with Crippen molar-refractivity contribution in [1.29, 1.82) is 0 Å². The lowest BCUT2D eigenvalue weighted by Gasteiger charge is -2.17. The van der Waals surface area contributed by atoms with Crippen LogP contribution in [-0.4, -0.2) is 35.8 Å². The van der Waals surface area contributed by atoms with Crippen molar-refractivity contribution in [3.8, 4) is 5.75 Å². The minimum atomic E-state index is 0.127. The van der Waals surface area contributed by atoms with Crippen LogP contribution >= 0.6 is 0 Å². The van der Waals surface area contributed by atoms with Gasteiger partial charge in [0.1, 0.15) is 11.9 Å². The van der Waals surface area contributed by atoms with Gasteiger partial charge in [0, 0.05) is 18.9 Å². The summed E-state index contributed by atoms with van der Waals surface area (Å²) in [4.78, 5) is 9.09. The average Bonchev–Trinajstić information content (AvgIpc) is 2.92. The third-order valence-electron chi connectivity index (χ3n) is 3.39. The molecule has 118 valence electrons. The van der Waals surface area contributed by atoms with Crippen molar-refractivity contribution in [3.63, 3.8) is 0 Å². The number of nitrogens with one attached hydrogen (secondary N) is 1. The highest BCUT2D eigenvalue weighted by Gasteiger charge is 2.20. The Labute approximate surface area is 127 Å². The average molecular weight is 293 g/mol. The maximum absolute atomic E-state index is 6.01. The Hall–Kier alpha value is -1.20. The Bertz CT molecular complexity index is 443. The second-order valence-corrected chi connectivity index (χ2v) is 6.32. The highest BCUT2D eigenvalue weighted by atomic mass is 16.5. The van der Waals surface area contributed by atoms with Crippen LogP contribution in [-0.2, 0) is 11.3 Å². The van der Waals surface area contributed by atoms with Crippen molar-refractivity contribution in [2.24, 2.45) is 5.92 Å². The van der Waals surface area contributed by atoms with Gasteiger partial charge in [-0.15, -0.1) is 0 Å². The van der Waals surface area contributed by atoms with Crippen molar-refractivity contribution in [3.05, 3.63) is 17.7 Å². The molecule has 0 bridgehead atoms. The van der Waals surface area contributed by atoms with E-state index in [1.807, 2.05) is 6.20 Å². The molecule has 2 heterocycles. The Balaban J connectivity index is 2.08. The molecule has 1 aromatic heterocycles. The van der Waals surface area contributed by atoms with Gasteiger partial charge in [-0.25, -0.2) is 9.97 Å². The summed E-state index contributed by atoms with van der Waals surface area (Å²) < 4.78 is 11.4. The first-order valence-electron chi connectivity index (χ1n) is 7.87. The molecule has 1 aliphatic rings. The van der Waals surface area contributed by atoms with Crippen LogP contribution in [0.2, 0.25) is 0 Å². The van der Waals surface area contributed by atoms with E-state index in [4.69, 9.17) is 9.47 Å². The summed E-state index contributed by atoms with van der Waals surface area (Å²) >= 11 is 0. The first-order valence-corrected chi connectivity index (χ1v) is 7.87. The van der Waals surface area contributed by atoms with E-state index < -0.39 is 0 Å². The van der Waals surface area contributed by atoms with Crippen LogP contribution in [0, 0.1) is 5.92 Å². The maximum atomic E-state index is 6.01. The SMILES string of the molecule is CC(C)CNCc1nc(C(C)C)ncc1OC1CCOC1. The summed E-state index contributed by atoms with van der Waals surface area (Å²) in [5, 5.41) is 3.43. The minimum Gasteiger partial charge on any atom is -0.484 e. The zero-order valence-corrected chi connectivity index (χ0v) is 13.6. The number of ether oxygens (including phenoxy) is 2. The molecule has 2 rings (SSSR count). The summed E-state index contributed by atoms with van der Waals surface area (Å²) in [5.41, 5.74) is 0.946. The van der Waals surface area contributed by atoms with Crippen LogP contribution < -0.4 is 10.1 Å². The highest BCUT2D eigenvalue weighted by molar-refractivity contribution is 5.25. The fourth-order valence-corrected chi connectivity index (χ4v) is 2.19. The van der Waals surface area contributed by atoms with Crippen molar-refractivity contribution >= 4 is 0 Å². The Morgan fingerprint density at radius 2 is 2.19 bits per heavy atom. The van der Waals surface area contributed by atoms with Gasteiger partial charge < -0.3 is 14.8 Å². The molecule has 0 amide bonds. The predicted octanol–water partition coefficient (Wildman–Crippen LogP) is 2.51. The molecule has 0 aliphatic carbocycles. The summed E-state index contributed by atoms with van der Waals surface area (Å²) in [6.45, 7) is 11.7. The van der Waals surface area contributed by atoms with E-state index in [-0.39, 0.29) is 6.10 Å². The van der Waals surface area contributed by atoms with Crippen LogP contribution in [0.25, 0.3) is 0 Å². The molecular weight excluding hydrogens is 266 g/mol. The summed E-state index contributed by atoms with van der Waals surface area (Å²) in [6, 6.07) is 0. The highest BCUT2D eigenvalue weighted by Crippen LogP contribution is 2.22. The number of hydrogen-bond acceptors (Lipinski definition) is 5. The molecular formula is C16H27N3O2. The monoisotopic (exact) mass is 293 g/mol. The molecule has 0 saturated carbocycles. The normalized spacial score (nSPS) is 18.7. The first kappa shape index (κ1) is 16.2. The van der Waals surface area contributed by atoms with Crippen LogP contribution in [0.5, 0.6) is 5.75 Å². The second-order valence-electron chi connectivity index (χ2n) is 6.32. The van der Waals surface area contributed by atoms with Gasteiger partial charge in [0.2, 0.25) is 0 Å². The molecule has 1 aromatic rings. The zero-order chi connectivity index (χ0) is 15.2. The number of hydrogen-bond donors (Lipinski definition) is 1. The van der Waals surface area contributed by atoms with Gasteiger partial charge in [-0.2, -0.15) is 0 Å². The molecule has 1 fully saturated rings. The molecule has 0 spiro atoms. The van der Waals surface area contributed by atoms with E-state index in [1.165, 1.54) is 0 Å². The van der Waals surface area contributed by atoms with Gasteiger partial charge in [-0.05, 0) is 12.5 Å². The van der Waals surface area contributed by atoms with Gasteiger partial charge >= 0.3 is 0 Å². The number of nitrogens with zero attached hydrogens (tertiary/aromatic N) is 2. The molecule has 5 nitrogen and oxygen atoms in total. The van der Waals surface area contributed by atoms with E-state index in [0.29, 0.717) is 25.0 Å². The van der Waals surface area contributed by atoms with Crippen LogP contribution in [0.15, 0.2) is 6.20 Å². The van der Waals surface area contributed by atoms with Crippen molar-refractivity contribution in [1.82, 2.24) is 15.3 Å². The van der Waals surface area contributed by atoms with Gasteiger partial charge in [-0.3, -0.25) is 0 Å². The van der Waals surface area contributed by atoms with Crippen molar-refractivity contribution in [2.45, 2.75) is 52.7 Å². The second kappa shape index (κ2) is 7.71. The third-order valence-corrected chi connectivity index (χ3v) is 3.39. The van der Waals surface area contributed by atoms with E-state index in [2.05, 4.69) is 43.0 Å². The van der Waals surface area contributed by atoms with Gasteiger partial charge in [0.25, 0.3) is 0 Å². The third kappa shape index (κ3) is 4.93. The lowest BCUT2D eigenvalue weighted by molar-refractivity contribution is 0.139. The van der Waals surface area contributed by atoms with Crippen molar-refractivity contribution < 1.29 is 9.47 Å². The Morgan fingerprint density at radius 1 is 1.38 bits per heavy atom. The predicted molar refractivity (Wildman–Crippen MR) is 82.5 cm³/mol. The van der Waals surface area contributed by atoms with E-state index >= 15 is 0 Å².